The van der Waals surface area contributed by atoms with Gasteiger partial charge in [0.1, 0.15) is 0 Å². The van der Waals surface area contributed by atoms with Gasteiger partial charge >= 0.3 is 5.97 Å². The summed E-state index contributed by atoms with van der Waals surface area (Å²) in [5.74, 6) is -0.162. The molecule has 1 rings (SSSR count). The molecule has 1 aliphatic rings. The second-order valence-electron chi connectivity index (χ2n) is 11.4. The third kappa shape index (κ3) is 33.4. The lowest BCUT2D eigenvalue weighted by atomic mass is 10.0. The Hall–Kier alpha value is -2.62. The maximum Gasteiger partial charge on any atom is 0.302 e. The quantitative estimate of drug-likeness (QED) is 0.117. The molecule has 0 amide bonds. The molecule has 0 atom stereocenters. The molecule has 0 radical (unpaired) electrons. The zero-order valence-electron chi connectivity index (χ0n) is 27.3. The van der Waals surface area contributed by atoms with Gasteiger partial charge in [0.05, 0.1) is 6.61 Å². The first-order valence-corrected chi connectivity index (χ1v) is 15.0. The Morgan fingerprint density at radius 3 is 1.35 bits per heavy atom. The molecule has 0 heterocycles. The van der Waals surface area contributed by atoms with Crippen LogP contribution in [0.1, 0.15) is 133 Å². The van der Waals surface area contributed by atoms with Crippen molar-refractivity contribution in [2.24, 2.45) is 5.92 Å². The fourth-order valence-corrected chi connectivity index (χ4v) is 3.74. The van der Waals surface area contributed by atoms with Crippen LogP contribution < -0.4 is 0 Å². The number of carbonyl (C=O) groups excluding carboxylic acids is 1. The van der Waals surface area contributed by atoms with E-state index in [0.717, 1.165) is 44.9 Å². The van der Waals surface area contributed by atoms with Crippen molar-refractivity contribution in [3.63, 3.8) is 0 Å². The van der Waals surface area contributed by atoms with Crippen molar-refractivity contribution < 1.29 is 19.4 Å². The van der Waals surface area contributed by atoms with E-state index in [1.165, 1.54) is 78.9 Å². The molecule has 0 aliphatic heterocycles. The lowest BCUT2D eigenvalue weighted by Gasteiger charge is -2.02. The molecule has 0 saturated heterocycles. The molecular weight excluding hydrogens is 496 g/mol. The van der Waals surface area contributed by atoms with Gasteiger partial charge in [-0.3, -0.25) is 9.59 Å². The average molecular weight is 557 g/mol. The van der Waals surface area contributed by atoms with E-state index in [1.54, 1.807) is 0 Å². The highest BCUT2D eigenvalue weighted by atomic mass is 16.5. The Balaban J connectivity index is 0. The van der Waals surface area contributed by atoms with Gasteiger partial charge in [-0.05, 0) is 125 Å². The minimum atomic E-state index is -0.833. The van der Waals surface area contributed by atoms with E-state index >= 15 is 0 Å². The lowest BCUT2D eigenvalue weighted by molar-refractivity contribution is -0.140. The SMILES string of the molecule is C=C(CC/C=C(\C)CCC=C(C)C)C1CC1.CC(=O)O.CC(=O)OCC/C=C(\C)CC/C=C(\C)CCC=C(C)C. The summed E-state index contributed by atoms with van der Waals surface area (Å²) < 4.78 is 4.90. The van der Waals surface area contributed by atoms with Gasteiger partial charge in [-0.25, -0.2) is 0 Å². The first kappa shape index (κ1) is 39.5. The highest BCUT2D eigenvalue weighted by molar-refractivity contribution is 5.65. The van der Waals surface area contributed by atoms with Crippen LogP contribution in [0.4, 0.5) is 0 Å². The average Bonchev–Trinajstić information content (AvgIpc) is 3.67. The maximum atomic E-state index is 10.6. The van der Waals surface area contributed by atoms with Crippen LogP contribution in [0.2, 0.25) is 0 Å². The fraction of sp³-hybridized carbons (Fsp3) is 0.611. The number of esters is 1. The second kappa shape index (κ2) is 25.4. The van der Waals surface area contributed by atoms with Crippen molar-refractivity contribution in [2.75, 3.05) is 6.61 Å². The molecular formula is C36H60O4. The van der Waals surface area contributed by atoms with E-state index in [4.69, 9.17) is 14.6 Å². The number of rotatable bonds is 16. The summed E-state index contributed by atoms with van der Waals surface area (Å²) in [6.45, 7) is 22.4. The van der Waals surface area contributed by atoms with E-state index in [2.05, 4.69) is 85.4 Å². The highest BCUT2D eigenvalue weighted by Crippen LogP contribution is 2.37. The van der Waals surface area contributed by atoms with E-state index in [0.29, 0.717) is 6.61 Å². The van der Waals surface area contributed by atoms with Crippen molar-refractivity contribution in [3.8, 4) is 0 Å². The van der Waals surface area contributed by atoms with E-state index in [1.807, 2.05) is 0 Å². The van der Waals surface area contributed by atoms with Gasteiger partial charge in [0.25, 0.3) is 5.97 Å². The number of carboxylic acid groups (broad SMARTS) is 1. The Bertz CT molecular complexity index is 880. The van der Waals surface area contributed by atoms with Crippen LogP contribution in [0.5, 0.6) is 0 Å². The smallest absolute Gasteiger partial charge is 0.302 e. The van der Waals surface area contributed by atoms with Crippen LogP contribution in [-0.4, -0.2) is 23.7 Å². The van der Waals surface area contributed by atoms with Gasteiger partial charge < -0.3 is 9.84 Å². The molecule has 4 heteroatoms. The van der Waals surface area contributed by atoms with Crippen molar-refractivity contribution >= 4 is 11.9 Å². The van der Waals surface area contributed by atoms with Crippen LogP contribution in [0.15, 0.2) is 70.4 Å². The first-order valence-electron chi connectivity index (χ1n) is 15.0. The molecule has 0 bridgehead atoms. The predicted octanol–water partition coefficient (Wildman–Crippen LogP) is 10.9. The summed E-state index contributed by atoms with van der Waals surface area (Å²) in [4.78, 5) is 19.6. The molecule has 1 saturated carbocycles. The third-order valence-corrected chi connectivity index (χ3v) is 6.24. The molecule has 0 aromatic carbocycles. The molecule has 4 nitrogen and oxygen atoms in total. The normalized spacial score (nSPS) is 13.2. The number of ether oxygens (including phenoxy) is 1. The largest absolute Gasteiger partial charge is 0.481 e. The number of hydrogen-bond donors (Lipinski definition) is 1. The van der Waals surface area contributed by atoms with Crippen LogP contribution in [0, 0.1) is 5.92 Å². The molecule has 1 fully saturated rings. The Labute approximate surface area is 247 Å². The standard InChI is InChI=1S/C18H30O2.C16H26.C2H4O2/c1-15(2)9-6-10-16(3)11-7-12-17(4)13-8-14-20-18(5)19;1-13(2)7-5-8-14(3)9-6-10-15(4)16-11-12-16;1-2(3)4/h9,11,13H,6-8,10,12,14H2,1-5H3;7,9,16H,4-6,8,10-12H2,1-3H3;1H3,(H,3,4)/b16-11+,17-13+;14-9+;. The third-order valence-electron chi connectivity index (χ3n) is 6.24. The van der Waals surface area contributed by atoms with E-state index in [-0.39, 0.29) is 5.97 Å². The molecule has 40 heavy (non-hydrogen) atoms. The van der Waals surface area contributed by atoms with Gasteiger partial charge in [-0.15, -0.1) is 0 Å². The van der Waals surface area contributed by atoms with Crippen LogP contribution >= 0.6 is 0 Å². The summed E-state index contributed by atoms with van der Waals surface area (Å²) in [6.07, 6.45) is 24.4. The molecule has 0 aromatic rings. The number of carboxylic acids is 1. The highest BCUT2D eigenvalue weighted by Gasteiger charge is 2.23. The number of hydrogen-bond acceptors (Lipinski definition) is 3. The topological polar surface area (TPSA) is 63.6 Å². The van der Waals surface area contributed by atoms with E-state index < -0.39 is 5.97 Å². The summed E-state index contributed by atoms with van der Waals surface area (Å²) in [7, 11) is 0. The summed E-state index contributed by atoms with van der Waals surface area (Å²) >= 11 is 0. The molecule has 0 spiro atoms. The van der Waals surface area contributed by atoms with Crippen LogP contribution in [0.3, 0.4) is 0 Å². The van der Waals surface area contributed by atoms with Crippen LogP contribution in [-0.2, 0) is 14.3 Å². The number of carbonyl (C=O) groups is 2. The Morgan fingerprint density at radius 1 is 0.650 bits per heavy atom. The zero-order valence-corrected chi connectivity index (χ0v) is 27.3. The number of allylic oxidation sites excluding steroid dienone is 10. The van der Waals surface area contributed by atoms with Gasteiger partial charge in [-0.2, -0.15) is 0 Å². The number of aliphatic carboxylic acids is 1. The molecule has 0 aromatic heterocycles. The molecule has 1 aliphatic carbocycles. The zero-order chi connectivity index (χ0) is 30.9. The van der Waals surface area contributed by atoms with Crippen LogP contribution in [0.25, 0.3) is 0 Å². The fourth-order valence-electron chi connectivity index (χ4n) is 3.74. The van der Waals surface area contributed by atoms with Gasteiger partial charge in [0, 0.05) is 13.8 Å². The minimum Gasteiger partial charge on any atom is -0.481 e. The molecule has 0 unspecified atom stereocenters. The predicted molar refractivity (Wildman–Crippen MR) is 173 cm³/mol. The molecule has 228 valence electrons. The minimum absolute atomic E-state index is 0.203. The van der Waals surface area contributed by atoms with E-state index in [9.17, 15) is 4.79 Å². The lowest BCUT2D eigenvalue weighted by Crippen LogP contribution is -1.99. The molecule has 1 N–H and O–H groups in total. The summed E-state index contributed by atoms with van der Waals surface area (Å²) in [6, 6.07) is 0. The van der Waals surface area contributed by atoms with Crippen molar-refractivity contribution in [2.45, 2.75) is 133 Å². The van der Waals surface area contributed by atoms with Gasteiger partial charge in [0.15, 0.2) is 0 Å². The van der Waals surface area contributed by atoms with Gasteiger partial charge in [-0.1, -0.05) is 70.4 Å². The monoisotopic (exact) mass is 556 g/mol. The van der Waals surface area contributed by atoms with Crippen molar-refractivity contribution in [3.05, 3.63) is 70.4 Å². The first-order chi connectivity index (χ1) is 18.7. The second-order valence-corrected chi connectivity index (χ2v) is 11.4. The summed E-state index contributed by atoms with van der Waals surface area (Å²) in [5, 5.41) is 7.42. The maximum absolute atomic E-state index is 10.6. The van der Waals surface area contributed by atoms with Crippen molar-refractivity contribution in [1.29, 1.82) is 0 Å². The Kier molecular flexibility index (Phi) is 25.1. The summed E-state index contributed by atoms with van der Waals surface area (Å²) in [5.41, 5.74) is 8.66. The van der Waals surface area contributed by atoms with Crippen molar-refractivity contribution in [1.82, 2.24) is 0 Å². The van der Waals surface area contributed by atoms with Gasteiger partial charge in [0.2, 0.25) is 0 Å². The Morgan fingerprint density at radius 2 is 1.00 bits per heavy atom.